The number of allylic oxidation sites excluding steroid dienone is 1. The fourth-order valence-corrected chi connectivity index (χ4v) is 5.05. The summed E-state index contributed by atoms with van der Waals surface area (Å²) in [4.78, 5) is 9.31. The van der Waals surface area contributed by atoms with Crippen LogP contribution in [0.4, 0.5) is 0 Å². The van der Waals surface area contributed by atoms with Crippen LogP contribution in [0.5, 0.6) is 17.4 Å². The van der Waals surface area contributed by atoms with Gasteiger partial charge in [0.2, 0.25) is 5.88 Å². The van der Waals surface area contributed by atoms with Gasteiger partial charge in [-0.15, -0.1) is 6.58 Å². The zero-order chi connectivity index (χ0) is 32.1. The molecule has 2 heterocycles. The van der Waals surface area contributed by atoms with Crippen LogP contribution in [0.2, 0.25) is 0 Å². The van der Waals surface area contributed by atoms with Crippen LogP contribution in [-0.4, -0.2) is 69.4 Å². The van der Waals surface area contributed by atoms with Crippen LogP contribution in [0.1, 0.15) is 57.1 Å². The Hall–Kier alpha value is -3.72. The fourth-order valence-electron chi connectivity index (χ4n) is 5.05. The number of fused-ring (bicyclic) bond motifs is 2. The number of aryl methyl sites for hydroxylation is 1. The number of nitrogens with zero attached hydrogens (tertiary/aromatic N) is 2. The van der Waals surface area contributed by atoms with Crippen molar-refractivity contribution in [3.8, 4) is 17.4 Å². The highest BCUT2D eigenvalue weighted by Gasteiger charge is 2.07. The van der Waals surface area contributed by atoms with Crippen molar-refractivity contribution in [2.75, 3.05) is 59.5 Å². The Morgan fingerprint density at radius 3 is 1.65 bits per heavy atom. The van der Waals surface area contributed by atoms with Gasteiger partial charge in [0.15, 0.2) is 0 Å². The van der Waals surface area contributed by atoms with E-state index in [1.54, 1.807) is 0 Å². The molecule has 0 atom stereocenters. The summed E-state index contributed by atoms with van der Waals surface area (Å²) in [7, 11) is 0. The molecule has 0 fully saturated rings. The largest absolute Gasteiger partial charge is 0.489 e. The molecule has 0 aliphatic carbocycles. The Morgan fingerprint density at radius 2 is 1.04 bits per heavy atom. The molecule has 4 rings (SSSR count). The third kappa shape index (κ3) is 12.6. The quantitative estimate of drug-likeness (QED) is 0.0535. The minimum Gasteiger partial charge on any atom is -0.489 e. The summed E-state index contributed by atoms with van der Waals surface area (Å²) in [6.07, 6.45) is 11.8. The molecule has 46 heavy (non-hydrogen) atoms. The normalized spacial score (nSPS) is 11.2. The van der Waals surface area contributed by atoms with E-state index >= 15 is 0 Å². The van der Waals surface area contributed by atoms with E-state index in [9.17, 15) is 0 Å². The molecule has 0 amide bonds. The van der Waals surface area contributed by atoms with E-state index in [4.69, 9.17) is 33.4 Å². The average molecular weight is 631 g/mol. The van der Waals surface area contributed by atoms with Crippen molar-refractivity contribution >= 4 is 21.8 Å². The second kappa shape index (κ2) is 21.1. The number of aromatic nitrogens is 2. The Labute approximate surface area is 274 Å². The summed E-state index contributed by atoms with van der Waals surface area (Å²) in [6, 6.07) is 19.9. The van der Waals surface area contributed by atoms with Crippen molar-refractivity contribution in [1.82, 2.24) is 9.97 Å². The zero-order valence-corrected chi connectivity index (χ0v) is 27.4. The zero-order valence-electron chi connectivity index (χ0n) is 27.4. The Kier molecular flexibility index (Phi) is 16.2. The van der Waals surface area contributed by atoms with E-state index in [1.165, 1.54) is 38.5 Å². The molecule has 2 aromatic heterocycles. The van der Waals surface area contributed by atoms with Gasteiger partial charge in [-0.2, -0.15) is 0 Å². The molecule has 0 bridgehead atoms. The van der Waals surface area contributed by atoms with Crippen LogP contribution < -0.4 is 14.2 Å². The molecule has 248 valence electrons. The maximum absolute atomic E-state index is 6.00. The number of pyridine rings is 2. The van der Waals surface area contributed by atoms with Crippen molar-refractivity contribution in [3.63, 3.8) is 0 Å². The molecule has 0 spiro atoms. The minimum atomic E-state index is 0.425. The lowest BCUT2D eigenvalue weighted by Gasteiger charge is -2.11. The van der Waals surface area contributed by atoms with Gasteiger partial charge in [-0.25, -0.2) is 9.97 Å². The Morgan fingerprint density at radius 1 is 0.522 bits per heavy atom. The number of hydrogen-bond acceptors (Lipinski definition) is 8. The van der Waals surface area contributed by atoms with E-state index in [-0.39, 0.29) is 0 Å². The van der Waals surface area contributed by atoms with E-state index in [1.807, 2.05) is 67.6 Å². The molecule has 0 saturated heterocycles. The van der Waals surface area contributed by atoms with Gasteiger partial charge in [-0.3, -0.25) is 0 Å². The highest BCUT2D eigenvalue weighted by atomic mass is 16.6. The van der Waals surface area contributed by atoms with E-state index in [2.05, 4.69) is 17.6 Å². The first kappa shape index (κ1) is 35.1. The lowest BCUT2D eigenvalue weighted by Crippen LogP contribution is -2.14. The van der Waals surface area contributed by atoms with Crippen LogP contribution in [0, 0.1) is 6.92 Å². The topological polar surface area (TPSA) is 81.2 Å². The number of hydrogen-bond donors (Lipinski definition) is 0. The first-order valence-corrected chi connectivity index (χ1v) is 16.7. The Bertz CT molecular complexity index is 1450. The predicted octanol–water partition coefficient (Wildman–Crippen LogP) is 8.28. The highest BCUT2D eigenvalue weighted by molar-refractivity contribution is 5.85. The van der Waals surface area contributed by atoms with Crippen molar-refractivity contribution in [2.45, 2.75) is 58.3 Å². The fraction of sp³-hybridized carbons (Fsp3) is 0.474. The van der Waals surface area contributed by atoms with Gasteiger partial charge in [-0.1, -0.05) is 68.5 Å². The lowest BCUT2D eigenvalue weighted by atomic mass is 10.1. The first-order chi connectivity index (χ1) is 22.7. The first-order valence-electron chi connectivity index (χ1n) is 16.7. The van der Waals surface area contributed by atoms with Crippen molar-refractivity contribution in [3.05, 3.63) is 79.0 Å². The second-order valence-corrected chi connectivity index (χ2v) is 11.2. The molecular formula is C38H50N2O6. The molecule has 0 saturated carbocycles. The second-order valence-electron chi connectivity index (χ2n) is 11.2. The third-order valence-electron chi connectivity index (χ3n) is 7.50. The maximum atomic E-state index is 6.00. The van der Waals surface area contributed by atoms with Gasteiger partial charge in [-0.05, 0) is 50.5 Å². The minimum absolute atomic E-state index is 0.425. The number of para-hydroxylation sites is 2. The SMILES string of the molecule is C=CCCCCCCCCCOc1ccc2cccc(OCCOCCOCCOCCOc3cccc4ccc(C)nc34)c2n1. The van der Waals surface area contributed by atoms with E-state index < -0.39 is 0 Å². The molecule has 4 aromatic rings. The lowest BCUT2D eigenvalue weighted by molar-refractivity contribution is 0.00510. The van der Waals surface area contributed by atoms with Gasteiger partial charge in [0.25, 0.3) is 0 Å². The van der Waals surface area contributed by atoms with Crippen LogP contribution in [-0.2, 0) is 14.2 Å². The molecular weight excluding hydrogens is 580 g/mol. The molecule has 0 unspecified atom stereocenters. The molecule has 2 aromatic carbocycles. The van der Waals surface area contributed by atoms with Gasteiger partial charge in [0.1, 0.15) is 35.7 Å². The number of ether oxygens (including phenoxy) is 6. The Balaban J connectivity index is 1.01. The molecule has 8 heteroatoms. The summed E-state index contributed by atoms with van der Waals surface area (Å²) in [5.74, 6) is 2.14. The molecule has 0 aliphatic rings. The number of rotatable bonds is 25. The van der Waals surface area contributed by atoms with Gasteiger partial charge >= 0.3 is 0 Å². The predicted molar refractivity (Wildman–Crippen MR) is 184 cm³/mol. The average Bonchev–Trinajstić information content (AvgIpc) is 3.07. The highest BCUT2D eigenvalue weighted by Crippen LogP contribution is 2.26. The van der Waals surface area contributed by atoms with E-state index in [0.29, 0.717) is 65.3 Å². The summed E-state index contributed by atoms with van der Waals surface area (Å²) in [5.41, 5.74) is 2.65. The summed E-state index contributed by atoms with van der Waals surface area (Å²) in [6.45, 7) is 10.2. The van der Waals surface area contributed by atoms with E-state index in [0.717, 1.165) is 51.8 Å². The maximum Gasteiger partial charge on any atom is 0.213 e. The standard InChI is InChI=1S/C38H50N2O6/c1-3-4-5-6-7-8-9-10-11-22-46-36-21-20-33-15-13-17-35(38(33)40-36)45-30-28-43-26-24-41-23-25-42-27-29-44-34-16-12-14-32-19-18-31(2)39-37(32)34/h3,12-21H,1,4-11,22-30H2,2H3. The smallest absolute Gasteiger partial charge is 0.213 e. The summed E-state index contributed by atoms with van der Waals surface area (Å²) >= 11 is 0. The third-order valence-corrected chi connectivity index (χ3v) is 7.50. The molecule has 0 aliphatic heterocycles. The number of benzene rings is 2. The molecule has 0 N–H and O–H groups in total. The van der Waals surface area contributed by atoms with Gasteiger partial charge in [0, 0.05) is 22.5 Å². The van der Waals surface area contributed by atoms with Crippen molar-refractivity contribution < 1.29 is 28.4 Å². The summed E-state index contributed by atoms with van der Waals surface area (Å²) < 4.78 is 34.8. The van der Waals surface area contributed by atoms with Crippen molar-refractivity contribution in [2.24, 2.45) is 0 Å². The number of unbranched alkanes of at least 4 members (excludes halogenated alkanes) is 7. The van der Waals surface area contributed by atoms with Gasteiger partial charge in [0.05, 0.1) is 46.2 Å². The molecule has 0 radical (unpaired) electrons. The summed E-state index contributed by atoms with van der Waals surface area (Å²) in [5, 5.41) is 2.08. The molecule has 8 nitrogen and oxygen atoms in total. The van der Waals surface area contributed by atoms with Gasteiger partial charge < -0.3 is 28.4 Å². The van der Waals surface area contributed by atoms with Crippen LogP contribution in [0.25, 0.3) is 21.8 Å². The van der Waals surface area contributed by atoms with Crippen LogP contribution in [0.3, 0.4) is 0 Å². The van der Waals surface area contributed by atoms with Crippen molar-refractivity contribution in [1.29, 1.82) is 0 Å². The monoisotopic (exact) mass is 630 g/mol. The van der Waals surface area contributed by atoms with Crippen LogP contribution in [0.15, 0.2) is 73.3 Å². The van der Waals surface area contributed by atoms with Crippen LogP contribution >= 0.6 is 0 Å².